The quantitative estimate of drug-likeness (QED) is 0.410. The number of rotatable bonds is 6. The van der Waals surface area contributed by atoms with E-state index in [2.05, 4.69) is 20.9 Å². The molecule has 1 saturated heterocycles. The first-order chi connectivity index (χ1) is 11.1. The lowest BCUT2D eigenvalue weighted by atomic mass is 10.2. The molecule has 1 aliphatic heterocycles. The predicted molar refractivity (Wildman–Crippen MR) is 89.4 cm³/mol. The van der Waals surface area contributed by atoms with Crippen LogP contribution < -0.4 is 16.0 Å². The summed E-state index contributed by atoms with van der Waals surface area (Å²) >= 11 is 6.11. The van der Waals surface area contributed by atoms with Crippen molar-refractivity contribution in [3.8, 4) is 0 Å². The fourth-order valence-electron chi connectivity index (χ4n) is 2.10. The number of nitrogens with one attached hydrogen (secondary N) is 3. The number of carbonyl (C=O) groups is 2. The van der Waals surface area contributed by atoms with Crippen molar-refractivity contribution in [1.29, 1.82) is 0 Å². The molecule has 0 aromatic heterocycles. The smallest absolute Gasteiger partial charge is 0.324 e. The molecule has 8 heteroatoms. The van der Waals surface area contributed by atoms with Crippen molar-refractivity contribution in [2.75, 3.05) is 26.2 Å². The number of nitrogens with zero attached hydrogens (tertiary/aromatic N) is 2. The van der Waals surface area contributed by atoms with E-state index < -0.39 is 0 Å². The Hall–Kier alpha value is -2.28. The van der Waals surface area contributed by atoms with E-state index in [0.29, 0.717) is 37.2 Å². The van der Waals surface area contributed by atoms with E-state index in [1.807, 2.05) is 31.2 Å². The largest absolute Gasteiger partial charge is 0.357 e. The minimum absolute atomic E-state index is 0.0689. The van der Waals surface area contributed by atoms with Crippen molar-refractivity contribution in [2.24, 2.45) is 4.99 Å². The Morgan fingerprint density at radius 2 is 2.13 bits per heavy atom. The van der Waals surface area contributed by atoms with Gasteiger partial charge in [0.05, 0.1) is 13.1 Å². The molecule has 3 amide bonds. The highest BCUT2D eigenvalue weighted by Gasteiger charge is 2.27. The lowest BCUT2D eigenvalue weighted by Crippen LogP contribution is -2.43. The molecule has 1 fully saturated rings. The maximum absolute atomic E-state index is 11.5. The molecule has 1 aromatic carbocycles. The van der Waals surface area contributed by atoms with Gasteiger partial charge in [-0.25, -0.2) is 9.79 Å². The molecule has 0 spiro atoms. The van der Waals surface area contributed by atoms with Crippen molar-refractivity contribution < 1.29 is 9.59 Å². The summed E-state index contributed by atoms with van der Waals surface area (Å²) in [6, 6.07) is 7.17. The van der Waals surface area contributed by atoms with E-state index in [4.69, 9.17) is 11.6 Å². The van der Waals surface area contributed by atoms with Crippen LogP contribution in [0.2, 0.25) is 5.02 Å². The topological polar surface area (TPSA) is 85.8 Å². The molecule has 1 heterocycles. The first kappa shape index (κ1) is 17.1. The maximum atomic E-state index is 11.5. The van der Waals surface area contributed by atoms with Crippen LogP contribution in [-0.2, 0) is 11.3 Å². The van der Waals surface area contributed by atoms with Crippen LogP contribution in [0.1, 0.15) is 12.5 Å². The molecule has 2 rings (SSSR count). The van der Waals surface area contributed by atoms with Crippen LogP contribution in [-0.4, -0.2) is 49.0 Å². The molecule has 1 aliphatic rings. The number of imide groups is 1. The Labute approximate surface area is 140 Å². The van der Waals surface area contributed by atoms with Gasteiger partial charge in [0, 0.05) is 24.7 Å². The normalized spacial score (nSPS) is 14.9. The number of aliphatic imine (C=N–C) groups is 1. The van der Waals surface area contributed by atoms with Crippen LogP contribution in [0.5, 0.6) is 0 Å². The van der Waals surface area contributed by atoms with Crippen molar-refractivity contribution >= 4 is 29.5 Å². The number of carbonyl (C=O) groups excluding carboxylic acids is 2. The van der Waals surface area contributed by atoms with Crippen LogP contribution in [0, 0.1) is 0 Å². The number of hydrogen-bond acceptors (Lipinski definition) is 3. The monoisotopic (exact) mass is 337 g/mol. The van der Waals surface area contributed by atoms with Gasteiger partial charge < -0.3 is 16.0 Å². The zero-order chi connectivity index (χ0) is 16.7. The van der Waals surface area contributed by atoms with Crippen molar-refractivity contribution in [3.63, 3.8) is 0 Å². The van der Waals surface area contributed by atoms with E-state index in [1.165, 1.54) is 4.90 Å². The molecule has 124 valence electrons. The van der Waals surface area contributed by atoms with Gasteiger partial charge in [0.15, 0.2) is 5.96 Å². The first-order valence-corrected chi connectivity index (χ1v) is 7.83. The summed E-state index contributed by atoms with van der Waals surface area (Å²) in [7, 11) is 0. The summed E-state index contributed by atoms with van der Waals surface area (Å²) in [4.78, 5) is 28.6. The molecular weight excluding hydrogens is 318 g/mol. The standard InChI is InChI=1S/C15H20ClN5O2/c1-2-17-14(19-9-11-5-3-4-6-12(11)16)18-7-8-21-13(22)10-20-15(21)23/h3-6H,2,7-10H2,1H3,(H,20,23)(H2,17,18,19). The van der Waals surface area contributed by atoms with Crippen molar-refractivity contribution in [2.45, 2.75) is 13.5 Å². The van der Waals surface area contributed by atoms with Crippen LogP contribution in [0.25, 0.3) is 0 Å². The number of amides is 3. The Bertz CT molecular complexity index is 589. The lowest BCUT2D eigenvalue weighted by molar-refractivity contribution is -0.124. The van der Waals surface area contributed by atoms with E-state index >= 15 is 0 Å². The summed E-state index contributed by atoms with van der Waals surface area (Å²) < 4.78 is 0. The summed E-state index contributed by atoms with van der Waals surface area (Å²) in [6.45, 7) is 3.90. The second-order valence-electron chi connectivity index (χ2n) is 4.92. The number of halogens is 1. The molecule has 1 aromatic rings. The van der Waals surface area contributed by atoms with E-state index in [-0.39, 0.29) is 18.5 Å². The minimum atomic E-state index is -0.352. The van der Waals surface area contributed by atoms with Crippen LogP contribution in [0.15, 0.2) is 29.3 Å². The molecule has 0 bridgehead atoms. The van der Waals surface area contributed by atoms with Gasteiger partial charge in [-0.1, -0.05) is 29.8 Å². The van der Waals surface area contributed by atoms with Gasteiger partial charge in [0.1, 0.15) is 0 Å². The van der Waals surface area contributed by atoms with Gasteiger partial charge in [-0.15, -0.1) is 0 Å². The predicted octanol–water partition coefficient (Wildman–Crippen LogP) is 0.947. The fourth-order valence-corrected chi connectivity index (χ4v) is 2.30. The first-order valence-electron chi connectivity index (χ1n) is 7.45. The molecule has 0 aliphatic carbocycles. The van der Waals surface area contributed by atoms with Crippen molar-refractivity contribution in [3.05, 3.63) is 34.9 Å². The molecule has 0 atom stereocenters. The van der Waals surface area contributed by atoms with E-state index in [1.54, 1.807) is 0 Å². The second-order valence-corrected chi connectivity index (χ2v) is 5.32. The van der Waals surface area contributed by atoms with E-state index in [0.717, 1.165) is 5.56 Å². The van der Waals surface area contributed by atoms with Gasteiger partial charge in [0.2, 0.25) is 5.91 Å². The molecule has 7 nitrogen and oxygen atoms in total. The van der Waals surface area contributed by atoms with Crippen molar-refractivity contribution in [1.82, 2.24) is 20.9 Å². The Balaban J connectivity index is 1.88. The van der Waals surface area contributed by atoms with E-state index in [9.17, 15) is 9.59 Å². The van der Waals surface area contributed by atoms with Gasteiger partial charge in [0.25, 0.3) is 0 Å². The summed E-state index contributed by atoms with van der Waals surface area (Å²) in [5, 5.41) is 9.37. The highest BCUT2D eigenvalue weighted by molar-refractivity contribution is 6.31. The van der Waals surface area contributed by atoms with Gasteiger partial charge >= 0.3 is 6.03 Å². The van der Waals surface area contributed by atoms with Crippen LogP contribution in [0.4, 0.5) is 4.79 Å². The molecule has 0 radical (unpaired) electrons. The van der Waals surface area contributed by atoms with Gasteiger partial charge in [-0.05, 0) is 18.6 Å². The fraction of sp³-hybridized carbons (Fsp3) is 0.400. The number of urea groups is 1. The summed E-state index contributed by atoms with van der Waals surface area (Å²) in [6.07, 6.45) is 0. The summed E-state index contributed by atoms with van der Waals surface area (Å²) in [5.74, 6) is 0.397. The molecule has 23 heavy (non-hydrogen) atoms. The number of benzene rings is 1. The molecule has 3 N–H and O–H groups in total. The Kier molecular flexibility index (Phi) is 6.22. The molecule has 0 saturated carbocycles. The number of guanidine groups is 1. The minimum Gasteiger partial charge on any atom is -0.357 e. The highest BCUT2D eigenvalue weighted by Crippen LogP contribution is 2.15. The van der Waals surface area contributed by atoms with Crippen LogP contribution in [0.3, 0.4) is 0 Å². The SMILES string of the molecule is CCNC(=NCc1ccccc1Cl)NCCN1C(=O)CNC1=O. The average molecular weight is 338 g/mol. The second kappa shape index (κ2) is 8.38. The highest BCUT2D eigenvalue weighted by atomic mass is 35.5. The van der Waals surface area contributed by atoms with Gasteiger partial charge in [-0.2, -0.15) is 0 Å². The average Bonchev–Trinajstić information content (AvgIpc) is 2.85. The summed E-state index contributed by atoms with van der Waals surface area (Å²) in [5.41, 5.74) is 0.931. The Morgan fingerprint density at radius 1 is 1.35 bits per heavy atom. The third-order valence-electron chi connectivity index (χ3n) is 3.27. The third-order valence-corrected chi connectivity index (χ3v) is 3.64. The zero-order valence-corrected chi connectivity index (χ0v) is 13.7. The maximum Gasteiger partial charge on any atom is 0.324 e. The Morgan fingerprint density at radius 3 is 2.78 bits per heavy atom. The number of hydrogen-bond donors (Lipinski definition) is 3. The molecular formula is C15H20ClN5O2. The lowest BCUT2D eigenvalue weighted by Gasteiger charge is -2.15. The third kappa shape index (κ3) is 4.85. The zero-order valence-electron chi connectivity index (χ0n) is 12.9. The molecule has 0 unspecified atom stereocenters. The van der Waals surface area contributed by atoms with Crippen LogP contribution >= 0.6 is 11.6 Å². The van der Waals surface area contributed by atoms with Gasteiger partial charge in [-0.3, -0.25) is 9.69 Å².